The number of rotatable bonds is 6. The number of benzene rings is 1. The first kappa shape index (κ1) is 13.5. The minimum absolute atomic E-state index is 0.191. The van der Waals surface area contributed by atoms with E-state index in [1.54, 1.807) is 12.1 Å². The highest BCUT2D eigenvalue weighted by molar-refractivity contribution is 6.31. The van der Waals surface area contributed by atoms with Crippen LogP contribution in [0.2, 0.25) is 5.02 Å². The Morgan fingerprint density at radius 3 is 2.81 bits per heavy atom. The highest BCUT2D eigenvalue weighted by Crippen LogP contribution is 2.21. The molecule has 1 aromatic rings. The summed E-state index contributed by atoms with van der Waals surface area (Å²) in [5.41, 5.74) is 0.646. The van der Waals surface area contributed by atoms with E-state index in [0.29, 0.717) is 23.0 Å². The molecule has 0 saturated carbocycles. The van der Waals surface area contributed by atoms with Crippen molar-refractivity contribution in [3.8, 4) is 0 Å². The van der Waals surface area contributed by atoms with Gasteiger partial charge < -0.3 is 5.32 Å². The van der Waals surface area contributed by atoms with Crippen molar-refractivity contribution in [1.82, 2.24) is 5.32 Å². The average molecular weight is 244 g/mol. The lowest BCUT2D eigenvalue weighted by Gasteiger charge is -2.12. The maximum absolute atomic E-state index is 13.4. The van der Waals surface area contributed by atoms with Crippen molar-refractivity contribution in [3.05, 3.63) is 34.6 Å². The molecule has 0 radical (unpaired) electrons. The molecule has 0 aromatic heterocycles. The summed E-state index contributed by atoms with van der Waals surface area (Å²) >= 11 is 5.95. The quantitative estimate of drug-likeness (QED) is 0.802. The zero-order valence-electron chi connectivity index (χ0n) is 9.89. The highest BCUT2D eigenvalue weighted by Gasteiger charge is 2.07. The van der Waals surface area contributed by atoms with Crippen LogP contribution in [0.1, 0.15) is 32.3 Å². The lowest BCUT2D eigenvalue weighted by Crippen LogP contribution is -2.25. The van der Waals surface area contributed by atoms with Gasteiger partial charge in [-0.25, -0.2) is 4.39 Å². The molecule has 16 heavy (non-hydrogen) atoms. The van der Waals surface area contributed by atoms with Gasteiger partial charge in [-0.2, -0.15) is 0 Å². The van der Waals surface area contributed by atoms with Crippen molar-refractivity contribution in [3.63, 3.8) is 0 Å². The predicted octanol–water partition coefficient (Wildman–Crippen LogP) is 3.80. The van der Waals surface area contributed by atoms with Gasteiger partial charge in [0.25, 0.3) is 0 Å². The van der Waals surface area contributed by atoms with Crippen LogP contribution in [0.15, 0.2) is 18.2 Å². The molecule has 1 rings (SSSR count). The summed E-state index contributed by atoms with van der Waals surface area (Å²) in [7, 11) is 0. The molecule has 0 fully saturated rings. The molecule has 0 aliphatic rings. The molecular weight excluding hydrogens is 225 g/mol. The van der Waals surface area contributed by atoms with Gasteiger partial charge in [0.2, 0.25) is 0 Å². The van der Waals surface area contributed by atoms with Crippen LogP contribution in [0.5, 0.6) is 0 Å². The molecule has 1 nitrogen and oxygen atoms in total. The first-order chi connectivity index (χ1) is 7.65. The zero-order valence-corrected chi connectivity index (χ0v) is 10.6. The summed E-state index contributed by atoms with van der Waals surface area (Å²) in [6.45, 7) is 5.21. The van der Waals surface area contributed by atoms with E-state index in [1.165, 1.54) is 6.07 Å². The maximum atomic E-state index is 13.4. The Bertz CT molecular complexity index is 307. The molecule has 1 N–H and O–H groups in total. The van der Waals surface area contributed by atoms with Gasteiger partial charge in [0.15, 0.2) is 0 Å². The van der Waals surface area contributed by atoms with Gasteiger partial charge in [-0.3, -0.25) is 0 Å². The Hall–Kier alpha value is -0.600. The van der Waals surface area contributed by atoms with Gasteiger partial charge in [-0.1, -0.05) is 24.6 Å². The molecule has 0 aliphatic heterocycles. The molecule has 0 heterocycles. The van der Waals surface area contributed by atoms with E-state index in [1.807, 2.05) is 0 Å². The molecule has 0 spiro atoms. The standard InChI is InChI=1S/C13H19ClFN/c1-3-16-10(2)6-4-7-11-12(14)8-5-9-13(11)15/h5,8-10,16H,3-4,6-7H2,1-2H3. The lowest BCUT2D eigenvalue weighted by molar-refractivity contribution is 0.507. The van der Waals surface area contributed by atoms with Crippen molar-refractivity contribution >= 4 is 11.6 Å². The normalized spacial score (nSPS) is 12.8. The third-order valence-corrected chi connectivity index (χ3v) is 3.03. The van der Waals surface area contributed by atoms with E-state index in [9.17, 15) is 4.39 Å². The van der Waals surface area contributed by atoms with Gasteiger partial charge >= 0.3 is 0 Å². The molecule has 90 valence electrons. The minimum atomic E-state index is -0.191. The highest BCUT2D eigenvalue weighted by atomic mass is 35.5. The zero-order chi connectivity index (χ0) is 12.0. The van der Waals surface area contributed by atoms with E-state index >= 15 is 0 Å². The summed E-state index contributed by atoms with van der Waals surface area (Å²) in [5, 5.41) is 3.87. The lowest BCUT2D eigenvalue weighted by atomic mass is 10.0. The monoisotopic (exact) mass is 243 g/mol. The summed E-state index contributed by atoms with van der Waals surface area (Å²) in [4.78, 5) is 0. The van der Waals surface area contributed by atoms with Crippen LogP contribution >= 0.6 is 11.6 Å². The third kappa shape index (κ3) is 4.11. The smallest absolute Gasteiger partial charge is 0.127 e. The van der Waals surface area contributed by atoms with Crippen LogP contribution in [0.25, 0.3) is 0 Å². The van der Waals surface area contributed by atoms with Crippen LogP contribution in [0.4, 0.5) is 4.39 Å². The summed E-state index contributed by atoms with van der Waals surface area (Å²) in [5.74, 6) is -0.191. The number of nitrogens with one attached hydrogen (secondary N) is 1. The SMILES string of the molecule is CCNC(C)CCCc1c(F)cccc1Cl. The summed E-state index contributed by atoms with van der Waals surface area (Å²) in [6.07, 6.45) is 2.70. The predicted molar refractivity (Wildman–Crippen MR) is 67.5 cm³/mol. The van der Waals surface area contributed by atoms with Crippen molar-refractivity contribution in [2.45, 2.75) is 39.2 Å². The van der Waals surface area contributed by atoms with Crippen LogP contribution < -0.4 is 5.32 Å². The Kier molecular flexibility index (Phi) is 5.78. The van der Waals surface area contributed by atoms with Crippen molar-refractivity contribution < 1.29 is 4.39 Å². The van der Waals surface area contributed by atoms with Gasteiger partial charge in [-0.15, -0.1) is 0 Å². The fraction of sp³-hybridized carbons (Fsp3) is 0.538. The van der Waals surface area contributed by atoms with Crippen molar-refractivity contribution in [2.75, 3.05) is 6.54 Å². The molecule has 0 amide bonds. The molecule has 0 saturated heterocycles. The Balaban J connectivity index is 2.43. The molecule has 0 aliphatic carbocycles. The van der Waals surface area contributed by atoms with E-state index < -0.39 is 0 Å². The Morgan fingerprint density at radius 1 is 1.44 bits per heavy atom. The molecule has 1 unspecified atom stereocenters. The molecular formula is C13H19ClFN. The first-order valence-corrected chi connectivity index (χ1v) is 6.19. The third-order valence-electron chi connectivity index (χ3n) is 2.68. The van der Waals surface area contributed by atoms with Crippen molar-refractivity contribution in [2.24, 2.45) is 0 Å². The van der Waals surface area contributed by atoms with Gasteiger partial charge in [0.1, 0.15) is 5.82 Å². The number of hydrogen-bond acceptors (Lipinski definition) is 1. The summed E-state index contributed by atoms with van der Waals surface area (Å²) < 4.78 is 13.4. The van der Waals surface area contributed by atoms with E-state index in [4.69, 9.17) is 11.6 Å². The second-order valence-electron chi connectivity index (χ2n) is 4.05. The van der Waals surface area contributed by atoms with Crippen molar-refractivity contribution in [1.29, 1.82) is 0 Å². The second kappa shape index (κ2) is 6.87. The van der Waals surface area contributed by atoms with E-state index in [-0.39, 0.29) is 5.82 Å². The first-order valence-electron chi connectivity index (χ1n) is 5.81. The Labute approximate surface area is 102 Å². The maximum Gasteiger partial charge on any atom is 0.127 e. The van der Waals surface area contributed by atoms with Gasteiger partial charge in [0.05, 0.1) is 0 Å². The fourth-order valence-corrected chi connectivity index (χ4v) is 2.06. The fourth-order valence-electron chi connectivity index (χ4n) is 1.81. The van der Waals surface area contributed by atoms with E-state index in [0.717, 1.165) is 19.4 Å². The van der Waals surface area contributed by atoms with Gasteiger partial charge in [0, 0.05) is 16.6 Å². The second-order valence-corrected chi connectivity index (χ2v) is 4.46. The minimum Gasteiger partial charge on any atom is -0.315 e. The van der Waals surface area contributed by atoms with Crippen LogP contribution in [-0.4, -0.2) is 12.6 Å². The number of halogens is 2. The Morgan fingerprint density at radius 2 is 2.19 bits per heavy atom. The van der Waals surface area contributed by atoms with Gasteiger partial charge in [-0.05, 0) is 44.9 Å². The molecule has 1 atom stereocenters. The van der Waals surface area contributed by atoms with Crippen LogP contribution in [0, 0.1) is 5.82 Å². The topological polar surface area (TPSA) is 12.0 Å². The molecule has 0 bridgehead atoms. The van der Waals surface area contributed by atoms with Crippen LogP contribution in [-0.2, 0) is 6.42 Å². The number of hydrogen-bond donors (Lipinski definition) is 1. The average Bonchev–Trinajstić information content (AvgIpc) is 2.23. The molecule has 1 aromatic carbocycles. The van der Waals surface area contributed by atoms with E-state index in [2.05, 4.69) is 19.2 Å². The molecule has 3 heteroatoms. The largest absolute Gasteiger partial charge is 0.315 e. The summed E-state index contributed by atoms with van der Waals surface area (Å²) in [6, 6.07) is 5.33. The van der Waals surface area contributed by atoms with Crippen LogP contribution in [0.3, 0.4) is 0 Å².